The van der Waals surface area contributed by atoms with Crippen LogP contribution in [0.25, 0.3) is 0 Å². The number of unbranched alkanes of at least 4 members (excludes halogenated alkanes) is 1. The van der Waals surface area contributed by atoms with Crippen molar-refractivity contribution in [1.29, 1.82) is 0 Å². The van der Waals surface area contributed by atoms with Crippen LogP contribution < -0.4 is 5.32 Å². The molecule has 1 saturated carbocycles. The molecule has 8 nitrogen and oxygen atoms in total. The molecule has 2 N–H and O–H groups in total. The van der Waals surface area contributed by atoms with Crippen LogP contribution >= 0.6 is 0 Å². The van der Waals surface area contributed by atoms with Gasteiger partial charge in [0.1, 0.15) is 6.04 Å². The molecule has 3 rings (SSSR count). The number of likely N-dealkylation sites (tertiary alicyclic amines) is 1. The lowest BCUT2D eigenvalue weighted by Gasteiger charge is -2.27. The summed E-state index contributed by atoms with van der Waals surface area (Å²) in [6, 6.07) is 1.98. The maximum atomic E-state index is 13.9. The van der Waals surface area contributed by atoms with E-state index in [-0.39, 0.29) is 36.0 Å². The number of hydrogen-bond donors (Lipinski definition) is 2. The number of amides is 3. The Bertz CT molecular complexity index is 786. The second-order valence-electron chi connectivity index (χ2n) is 8.50. The summed E-state index contributed by atoms with van der Waals surface area (Å²) in [4.78, 5) is 42.2. The summed E-state index contributed by atoms with van der Waals surface area (Å²) in [7, 11) is 0. The Morgan fingerprint density at radius 2 is 2.27 bits per heavy atom. The molecule has 1 saturated heterocycles. The summed E-state index contributed by atoms with van der Waals surface area (Å²) in [5, 5.41) is 12.6. The Morgan fingerprint density at radius 3 is 2.90 bits per heavy atom. The van der Waals surface area contributed by atoms with Crippen molar-refractivity contribution in [2.24, 2.45) is 11.3 Å². The Hall–Kier alpha value is -2.55. The molecule has 1 unspecified atom stereocenters. The summed E-state index contributed by atoms with van der Waals surface area (Å²) in [6.07, 6.45) is 6.85. The smallest absolute Gasteiger partial charge is 0.248 e. The summed E-state index contributed by atoms with van der Waals surface area (Å²) in [6.45, 7) is 2.61. The number of hydroxylamine groups is 2. The number of anilines is 1. The maximum Gasteiger partial charge on any atom is 0.248 e. The van der Waals surface area contributed by atoms with E-state index in [9.17, 15) is 24.0 Å². The number of rotatable bonds is 10. The van der Waals surface area contributed by atoms with Crippen molar-refractivity contribution >= 4 is 24.0 Å². The minimum absolute atomic E-state index is 0.0228. The van der Waals surface area contributed by atoms with Crippen LogP contribution in [0.3, 0.4) is 0 Å². The van der Waals surface area contributed by atoms with Crippen molar-refractivity contribution in [2.45, 2.75) is 57.9 Å². The second-order valence-corrected chi connectivity index (χ2v) is 8.50. The molecule has 2 aliphatic rings. The van der Waals surface area contributed by atoms with Gasteiger partial charge in [-0.15, -0.1) is 0 Å². The van der Waals surface area contributed by atoms with Crippen molar-refractivity contribution in [3.8, 4) is 0 Å². The third kappa shape index (κ3) is 5.33. The molecule has 9 heteroatoms. The monoisotopic (exact) mass is 420 g/mol. The first-order valence-corrected chi connectivity index (χ1v) is 10.5. The van der Waals surface area contributed by atoms with Crippen LogP contribution in [0.15, 0.2) is 18.3 Å². The third-order valence-corrected chi connectivity index (χ3v) is 6.08. The van der Waals surface area contributed by atoms with Crippen LogP contribution in [0.5, 0.6) is 0 Å². The summed E-state index contributed by atoms with van der Waals surface area (Å²) in [5.41, 5.74) is -0.0228. The maximum absolute atomic E-state index is 13.9. The van der Waals surface area contributed by atoms with Gasteiger partial charge in [0, 0.05) is 19.2 Å². The zero-order valence-corrected chi connectivity index (χ0v) is 17.2. The predicted molar refractivity (Wildman–Crippen MR) is 107 cm³/mol. The SMILES string of the molecule is CCCC[C@H](CC(=O)N1CC2(CC2)CC1C(=O)Nc1ncccc1F)CN(O)C=O. The second kappa shape index (κ2) is 9.51. The van der Waals surface area contributed by atoms with Gasteiger partial charge in [-0.3, -0.25) is 19.6 Å². The fourth-order valence-electron chi connectivity index (χ4n) is 4.19. The molecular weight excluding hydrogens is 391 g/mol. The Labute approximate surface area is 175 Å². The highest BCUT2D eigenvalue weighted by atomic mass is 19.1. The van der Waals surface area contributed by atoms with E-state index in [0.717, 1.165) is 25.7 Å². The molecule has 0 radical (unpaired) electrons. The topological polar surface area (TPSA) is 103 Å². The molecule has 2 fully saturated rings. The van der Waals surface area contributed by atoms with Gasteiger partial charge in [-0.2, -0.15) is 0 Å². The van der Waals surface area contributed by atoms with Crippen LogP contribution in [0.1, 0.15) is 51.9 Å². The van der Waals surface area contributed by atoms with E-state index in [1.807, 2.05) is 6.92 Å². The summed E-state index contributed by atoms with van der Waals surface area (Å²) in [5.74, 6) is -1.58. The Kier molecular flexibility index (Phi) is 7.02. The number of nitrogens with zero attached hydrogens (tertiary/aromatic N) is 3. The lowest BCUT2D eigenvalue weighted by molar-refractivity contribution is -0.154. The molecule has 0 bridgehead atoms. The quantitative estimate of drug-likeness (QED) is 0.344. The first kappa shape index (κ1) is 22.1. The summed E-state index contributed by atoms with van der Waals surface area (Å²) >= 11 is 0. The van der Waals surface area contributed by atoms with Gasteiger partial charge in [-0.1, -0.05) is 19.8 Å². The molecule has 30 heavy (non-hydrogen) atoms. The number of halogens is 1. The van der Waals surface area contributed by atoms with Gasteiger partial charge in [-0.25, -0.2) is 14.4 Å². The van der Waals surface area contributed by atoms with Crippen molar-refractivity contribution in [1.82, 2.24) is 14.9 Å². The van der Waals surface area contributed by atoms with Gasteiger partial charge in [0.2, 0.25) is 18.2 Å². The number of pyridine rings is 1. The van der Waals surface area contributed by atoms with Gasteiger partial charge in [0.05, 0.1) is 6.54 Å². The zero-order chi connectivity index (χ0) is 21.7. The first-order chi connectivity index (χ1) is 14.4. The number of aromatic nitrogens is 1. The van der Waals surface area contributed by atoms with Crippen molar-refractivity contribution in [2.75, 3.05) is 18.4 Å². The zero-order valence-electron chi connectivity index (χ0n) is 17.2. The third-order valence-electron chi connectivity index (χ3n) is 6.08. The number of carbonyl (C=O) groups excluding carboxylic acids is 3. The lowest BCUT2D eigenvalue weighted by Crippen LogP contribution is -2.44. The molecule has 1 aliphatic carbocycles. The van der Waals surface area contributed by atoms with Crippen LogP contribution in [-0.4, -0.2) is 57.5 Å². The fraction of sp³-hybridized carbons (Fsp3) is 0.619. The van der Waals surface area contributed by atoms with E-state index in [0.29, 0.717) is 30.9 Å². The highest BCUT2D eigenvalue weighted by Gasteiger charge is 2.55. The normalized spacial score (nSPS) is 20.1. The largest absolute Gasteiger partial charge is 0.330 e. The predicted octanol–water partition coefficient (Wildman–Crippen LogP) is 2.58. The van der Waals surface area contributed by atoms with Crippen LogP contribution in [-0.2, 0) is 14.4 Å². The number of nitrogens with one attached hydrogen (secondary N) is 1. The van der Waals surface area contributed by atoms with Gasteiger partial charge >= 0.3 is 0 Å². The van der Waals surface area contributed by atoms with Crippen molar-refractivity contribution < 1.29 is 24.0 Å². The molecule has 0 aromatic carbocycles. The average Bonchev–Trinajstić information content (AvgIpc) is 3.37. The molecule has 1 aliphatic heterocycles. The standard InChI is InChI=1S/C21H29FN4O4/c1-2-3-5-15(12-25(30)14-27)10-18(28)26-13-21(7-8-21)11-17(26)20(29)24-19-16(22)6-4-9-23-19/h4,6,9,14-15,17,30H,2-3,5,7-8,10-13H2,1H3,(H,23,24,29)/t15-,17?/m1/s1. The van der Waals surface area contributed by atoms with E-state index in [1.54, 1.807) is 4.90 Å². The molecule has 164 valence electrons. The minimum atomic E-state index is -0.676. The highest BCUT2D eigenvalue weighted by Crippen LogP contribution is 2.55. The van der Waals surface area contributed by atoms with E-state index in [2.05, 4.69) is 10.3 Å². The molecular formula is C21H29FN4O4. The average molecular weight is 420 g/mol. The van der Waals surface area contributed by atoms with E-state index < -0.39 is 17.8 Å². The van der Waals surface area contributed by atoms with E-state index in [1.165, 1.54) is 18.3 Å². The van der Waals surface area contributed by atoms with Gasteiger partial charge < -0.3 is 10.2 Å². The van der Waals surface area contributed by atoms with Crippen LogP contribution in [0.4, 0.5) is 10.2 Å². The summed E-state index contributed by atoms with van der Waals surface area (Å²) < 4.78 is 13.9. The van der Waals surface area contributed by atoms with Gasteiger partial charge in [0.25, 0.3) is 0 Å². The van der Waals surface area contributed by atoms with E-state index >= 15 is 0 Å². The van der Waals surface area contributed by atoms with Crippen LogP contribution in [0, 0.1) is 17.2 Å². The molecule has 2 atom stereocenters. The number of carbonyl (C=O) groups is 3. The fourth-order valence-corrected chi connectivity index (χ4v) is 4.19. The van der Waals surface area contributed by atoms with E-state index in [4.69, 9.17) is 0 Å². The first-order valence-electron chi connectivity index (χ1n) is 10.5. The van der Waals surface area contributed by atoms with Crippen molar-refractivity contribution in [3.05, 3.63) is 24.1 Å². The highest BCUT2D eigenvalue weighted by molar-refractivity contribution is 5.97. The Morgan fingerprint density at radius 1 is 1.50 bits per heavy atom. The number of hydrogen-bond acceptors (Lipinski definition) is 5. The van der Waals surface area contributed by atoms with Gasteiger partial charge in [-0.05, 0) is 49.1 Å². The molecule has 3 amide bonds. The lowest BCUT2D eigenvalue weighted by atomic mass is 9.97. The molecule has 2 heterocycles. The molecule has 1 spiro atoms. The van der Waals surface area contributed by atoms with Crippen molar-refractivity contribution in [3.63, 3.8) is 0 Å². The van der Waals surface area contributed by atoms with Gasteiger partial charge in [0.15, 0.2) is 11.6 Å². The minimum Gasteiger partial charge on any atom is -0.330 e. The van der Waals surface area contributed by atoms with Crippen LogP contribution in [0.2, 0.25) is 0 Å². The molecule has 1 aromatic rings. The molecule has 1 aromatic heterocycles. The Balaban J connectivity index is 1.69.